The van der Waals surface area contributed by atoms with Crippen LogP contribution in [0.3, 0.4) is 0 Å². The maximum atomic E-state index is 11.6. The van der Waals surface area contributed by atoms with Gasteiger partial charge in [0.05, 0.1) is 0 Å². The molecule has 2 heteroatoms. The summed E-state index contributed by atoms with van der Waals surface area (Å²) in [6.07, 6.45) is 6.92. The van der Waals surface area contributed by atoms with Crippen LogP contribution >= 0.6 is 0 Å². The Morgan fingerprint density at radius 2 is 1.83 bits per heavy atom. The van der Waals surface area contributed by atoms with Crippen molar-refractivity contribution in [3.05, 3.63) is 66.8 Å². The molecule has 0 fully saturated rings. The summed E-state index contributed by atoms with van der Waals surface area (Å²) in [5, 5.41) is 5.12. The van der Waals surface area contributed by atoms with Crippen LogP contribution in [0.4, 0.5) is 5.69 Å². The molecule has 1 amide bonds. The van der Waals surface area contributed by atoms with E-state index >= 15 is 0 Å². The lowest BCUT2D eigenvalue weighted by Crippen LogP contribution is -2.07. The van der Waals surface area contributed by atoms with Crippen molar-refractivity contribution < 1.29 is 4.79 Å². The van der Waals surface area contributed by atoms with Crippen LogP contribution in [0.2, 0.25) is 0 Å². The molecule has 0 saturated carbocycles. The van der Waals surface area contributed by atoms with Gasteiger partial charge in [0, 0.05) is 11.8 Å². The summed E-state index contributed by atoms with van der Waals surface area (Å²) >= 11 is 0. The number of rotatable bonds is 3. The Balaban J connectivity index is 2.14. The molecule has 2 aromatic rings. The van der Waals surface area contributed by atoms with E-state index in [0.717, 1.165) is 11.1 Å². The molecule has 0 aromatic heterocycles. The zero-order chi connectivity index (χ0) is 12.8. The normalized spacial score (nSPS) is 11.4. The molecular formula is C16H15NO. The summed E-state index contributed by atoms with van der Waals surface area (Å²) in [5.74, 6) is -0.122. The predicted molar refractivity (Wildman–Crippen MR) is 76.5 cm³/mol. The predicted octanol–water partition coefficient (Wildman–Crippen LogP) is 3.91. The van der Waals surface area contributed by atoms with Gasteiger partial charge in [0.25, 0.3) is 0 Å². The zero-order valence-corrected chi connectivity index (χ0v) is 10.3. The number of hydrogen-bond donors (Lipinski definition) is 1. The Hall–Kier alpha value is -2.35. The smallest absolute Gasteiger partial charge is 0.248 e. The number of benzene rings is 2. The van der Waals surface area contributed by atoms with Gasteiger partial charge in [0.2, 0.25) is 5.91 Å². The fraction of sp³-hybridized carbons (Fsp3) is 0.0625. The number of allylic oxidation sites excluding steroid dienone is 3. The first-order valence-electron chi connectivity index (χ1n) is 5.89. The van der Waals surface area contributed by atoms with E-state index in [1.807, 2.05) is 61.5 Å². The lowest BCUT2D eigenvalue weighted by Gasteiger charge is -2.04. The van der Waals surface area contributed by atoms with Crippen LogP contribution in [-0.4, -0.2) is 5.91 Å². The molecule has 90 valence electrons. The molecule has 0 aliphatic carbocycles. The number of hydrogen-bond acceptors (Lipinski definition) is 1. The highest BCUT2D eigenvalue weighted by molar-refractivity contribution is 6.00. The van der Waals surface area contributed by atoms with Gasteiger partial charge in [-0.2, -0.15) is 0 Å². The van der Waals surface area contributed by atoms with E-state index in [2.05, 4.69) is 5.32 Å². The van der Waals surface area contributed by atoms with E-state index in [9.17, 15) is 4.79 Å². The summed E-state index contributed by atoms with van der Waals surface area (Å²) in [5.41, 5.74) is 0.809. The molecule has 2 nitrogen and oxygen atoms in total. The molecule has 0 heterocycles. The van der Waals surface area contributed by atoms with Gasteiger partial charge in [0.1, 0.15) is 0 Å². The van der Waals surface area contributed by atoms with Crippen molar-refractivity contribution in [2.75, 3.05) is 5.32 Å². The summed E-state index contributed by atoms with van der Waals surface area (Å²) in [6.45, 7) is 1.91. The van der Waals surface area contributed by atoms with E-state index in [1.165, 1.54) is 11.5 Å². The molecule has 2 aromatic carbocycles. The van der Waals surface area contributed by atoms with Gasteiger partial charge in [0.15, 0.2) is 0 Å². The van der Waals surface area contributed by atoms with Gasteiger partial charge in [-0.05, 0) is 29.8 Å². The van der Waals surface area contributed by atoms with Gasteiger partial charge in [-0.25, -0.2) is 0 Å². The van der Waals surface area contributed by atoms with E-state index in [-0.39, 0.29) is 5.91 Å². The SMILES string of the molecule is C/C=C/C=C/C(=O)Nc1ccc2ccccc2c1. The van der Waals surface area contributed by atoms with Crippen LogP contribution in [0.25, 0.3) is 10.8 Å². The third-order valence-corrected chi connectivity index (χ3v) is 2.57. The zero-order valence-electron chi connectivity index (χ0n) is 10.3. The number of fused-ring (bicyclic) bond motifs is 1. The summed E-state index contributed by atoms with van der Waals surface area (Å²) < 4.78 is 0. The molecule has 2 rings (SSSR count). The minimum atomic E-state index is -0.122. The van der Waals surface area contributed by atoms with Crippen molar-refractivity contribution in [2.24, 2.45) is 0 Å². The maximum Gasteiger partial charge on any atom is 0.248 e. The molecule has 0 aliphatic rings. The standard InChI is InChI=1S/C16H15NO/c1-2-3-4-9-16(18)17-15-11-10-13-7-5-6-8-14(13)12-15/h2-12H,1H3,(H,17,18)/b3-2+,9-4+. The Morgan fingerprint density at radius 1 is 1.06 bits per heavy atom. The first-order chi connectivity index (χ1) is 8.79. The largest absolute Gasteiger partial charge is 0.322 e. The quantitative estimate of drug-likeness (QED) is 0.636. The third kappa shape index (κ3) is 3.08. The molecule has 0 aliphatic heterocycles. The molecule has 0 radical (unpaired) electrons. The van der Waals surface area contributed by atoms with Gasteiger partial charge in [-0.3, -0.25) is 4.79 Å². The minimum Gasteiger partial charge on any atom is -0.322 e. The van der Waals surface area contributed by atoms with Crippen LogP contribution in [0.1, 0.15) is 6.92 Å². The van der Waals surface area contributed by atoms with Crippen molar-refractivity contribution in [2.45, 2.75) is 6.92 Å². The average molecular weight is 237 g/mol. The first-order valence-corrected chi connectivity index (χ1v) is 5.89. The maximum absolute atomic E-state index is 11.6. The number of nitrogens with one attached hydrogen (secondary N) is 1. The Kier molecular flexibility index (Phi) is 3.92. The van der Waals surface area contributed by atoms with E-state index in [1.54, 1.807) is 6.08 Å². The second-order valence-corrected chi connectivity index (χ2v) is 3.94. The molecular weight excluding hydrogens is 222 g/mol. The molecule has 18 heavy (non-hydrogen) atoms. The van der Waals surface area contributed by atoms with Crippen molar-refractivity contribution in [1.29, 1.82) is 0 Å². The van der Waals surface area contributed by atoms with E-state index in [4.69, 9.17) is 0 Å². The van der Waals surface area contributed by atoms with Crippen molar-refractivity contribution in [3.8, 4) is 0 Å². The molecule has 1 N–H and O–H groups in total. The highest BCUT2D eigenvalue weighted by Gasteiger charge is 1.98. The third-order valence-electron chi connectivity index (χ3n) is 2.57. The van der Waals surface area contributed by atoms with Crippen molar-refractivity contribution in [3.63, 3.8) is 0 Å². The topological polar surface area (TPSA) is 29.1 Å². The highest BCUT2D eigenvalue weighted by Crippen LogP contribution is 2.18. The lowest BCUT2D eigenvalue weighted by molar-refractivity contribution is -0.111. The second kappa shape index (κ2) is 5.82. The lowest BCUT2D eigenvalue weighted by atomic mass is 10.1. The van der Waals surface area contributed by atoms with Crippen LogP contribution in [-0.2, 0) is 4.79 Å². The van der Waals surface area contributed by atoms with Crippen molar-refractivity contribution in [1.82, 2.24) is 0 Å². The van der Waals surface area contributed by atoms with E-state index in [0.29, 0.717) is 0 Å². The first kappa shape index (κ1) is 12.1. The van der Waals surface area contributed by atoms with Gasteiger partial charge in [-0.15, -0.1) is 0 Å². The fourth-order valence-corrected chi connectivity index (χ4v) is 1.71. The monoisotopic (exact) mass is 237 g/mol. The van der Waals surface area contributed by atoms with Crippen molar-refractivity contribution >= 4 is 22.4 Å². The molecule has 0 bridgehead atoms. The minimum absolute atomic E-state index is 0.122. The Morgan fingerprint density at radius 3 is 2.61 bits per heavy atom. The number of carbonyl (C=O) groups excluding carboxylic acids is 1. The summed E-state index contributed by atoms with van der Waals surface area (Å²) in [7, 11) is 0. The van der Waals surface area contributed by atoms with Crippen LogP contribution in [0.5, 0.6) is 0 Å². The summed E-state index contributed by atoms with van der Waals surface area (Å²) in [4.78, 5) is 11.6. The molecule has 0 unspecified atom stereocenters. The Bertz CT molecular complexity index is 611. The molecule has 0 saturated heterocycles. The van der Waals surface area contributed by atoms with Gasteiger partial charge in [-0.1, -0.05) is 48.6 Å². The highest BCUT2D eigenvalue weighted by atomic mass is 16.1. The number of carbonyl (C=O) groups is 1. The number of anilines is 1. The Labute approximate surface area is 107 Å². The molecule has 0 atom stereocenters. The summed E-state index contributed by atoms with van der Waals surface area (Å²) in [6, 6.07) is 13.9. The van der Waals surface area contributed by atoms with Crippen LogP contribution < -0.4 is 5.32 Å². The van der Waals surface area contributed by atoms with Gasteiger partial charge < -0.3 is 5.32 Å². The average Bonchev–Trinajstić information content (AvgIpc) is 2.39. The fourth-order valence-electron chi connectivity index (χ4n) is 1.71. The second-order valence-electron chi connectivity index (χ2n) is 3.94. The number of amides is 1. The molecule has 0 spiro atoms. The van der Waals surface area contributed by atoms with Crippen LogP contribution in [0.15, 0.2) is 66.8 Å². The van der Waals surface area contributed by atoms with E-state index < -0.39 is 0 Å². The van der Waals surface area contributed by atoms with Crippen LogP contribution in [0, 0.1) is 0 Å². The van der Waals surface area contributed by atoms with Gasteiger partial charge >= 0.3 is 0 Å².